The van der Waals surface area contributed by atoms with Crippen molar-refractivity contribution >= 4 is 33.4 Å². The number of anilines is 1. The normalized spacial score (nSPS) is 16.8. The second-order valence-corrected chi connectivity index (χ2v) is 6.16. The van der Waals surface area contributed by atoms with E-state index in [4.69, 9.17) is 10.5 Å². The van der Waals surface area contributed by atoms with Gasteiger partial charge in [0.05, 0.1) is 12.6 Å². The Bertz CT molecular complexity index is 515. The predicted molar refractivity (Wildman–Crippen MR) is 87.3 cm³/mol. The quantitative estimate of drug-likeness (QED) is 0.728. The molecule has 1 heterocycles. The topological polar surface area (TPSA) is 93.5 Å². The highest BCUT2D eigenvalue weighted by Crippen LogP contribution is 2.17. The van der Waals surface area contributed by atoms with Crippen LogP contribution in [-0.2, 0) is 14.3 Å². The standard InChI is InChI=1S/C15H20BrN3O3/c16-11-1-3-12(4-2-11)19-13(20)9-18-15(21)14(17)10-5-7-22-8-6-10/h1-4,10,14H,5-9,17H2,(H,18,21)(H,19,20). The van der Waals surface area contributed by atoms with Crippen molar-refractivity contribution in [2.24, 2.45) is 11.7 Å². The minimum atomic E-state index is -0.593. The van der Waals surface area contributed by atoms with Crippen molar-refractivity contribution < 1.29 is 14.3 Å². The van der Waals surface area contributed by atoms with Crippen LogP contribution in [0.25, 0.3) is 0 Å². The lowest BCUT2D eigenvalue weighted by Crippen LogP contribution is -2.48. The Morgan fingerprint density at radius 1 is 1.27 bits per heavy atom. The van der Waals surface area contributed by atoms with Gasteiger partial charge < -0.3 is 21.1 Å². The van der Waals surface area contributed by atoms with Gasteiger partial charge in [0.2, 0.25) is 11.8 Å². The van der Waals surface area contributed by atoms with Crippen LogP contribution < -0.4 is 16.4 Å². The first-order valence-electron chi connectivity index (χ1n) is 7.22. The number of amides is 2. The Balaban J connectivity index is 1.75. The third-order valence-electron chi connectivity index (χ3n) is 3.63. The van der Waals surface area contributed by atoms with Gasteiger partial charge in [-0.05, 0) is 43.0 Å². The first-order valence-corrected chi connectivity index (χ1v) is 8.02. The van der Waals surface area contributed by atoms with Gasteiger partial charge in [-0.2, -0.15) is 0 Å². The number of nitrogens with one attached hydrogen (secondary N) is 2. The Labute approximate surface area is 137 Å². The van der Waals surface area contributed by atoms with Gasteiger partial charge in [0.25, 0.3) is 0 Å². The Kier molecular flexibility index (Phi) is 6.35. The molecule has 1 aromatic rings. The summed E-state index contributed by atoms with van der Waals surface area (Å²) in [5.41, 5.74) is 6.62. The average Bonchev–Trinajstić information content (AvgIpc) is 2.55. The lowest BCUT2D eigenvalue weighted by molar-refractivity contribution is -0.126. The number of halogens is 1. The summed E-state index contributed by atoms with van der Waals surface area (Å²) in [6.07, 6.45) is 1.55. The van der Waals surface area contributed by atoms with E-state index < -0.39 is 6.04 Å². The predicted octanol–water partition coefficient (Wildman–Crippen LogP) is 1.26. The summed E-state index contributed by atoms with van der Waals surface area (Å²) in [4.78, 5) is 23.8. The summed E-state index contributed by atoms with van der Waals surface area (Å²) in [5.74, 6) is -0.462. The van der Waals surface area contributed by atoms with Gasteiger partial charge in [-0.1, -0.05) is 15.9 Å². The number of nitrogens with two attached hydrogens (primary N) is 1. The van der Waals surface area contributed by atoms with Crippen LogP contribution in [0, 0.1) is 5.92 Å². The molecule has 0 bridgehead atoms. The van der Waals surface area contributed by atoms with Crippen LogP contribution >= 0.6 is 15.9 Å². The van der Waals surface area contributed by atoms with Crippen LogP contribution in [0.2, 0.25) is 0 Å². The number of carbonyl (C=O) groups is 2. The minimum Gasteiger partial charge on any atom is -0.381 e. The molecule has 120 valence electrons. The molecule has 2 rings (SSSR count). The molecule has 1 unspecified atom stereocenters. The second-order valence-electron chi connectivity index (χ2n) is 5.25. The number of hydrogen-bond donors (Lipinski definition) is 3. The molecule has 0 spiro atoms. The van der Waals surface area contributed by atoms with Gasteiger partial charge in [-0.25, -0.2) is 0 Å². The molecule has 0 radical (unpaired) electrons. The van der Waals surface area contributed by atoms with Gasteiger partial charge in [-0.15, -0.1) is 0 Å². The number of benzene rings is 1. The van der Waals surface area contributed by atoms with E-state index in [2.05, 4.69) is 26.6 Å². The van der Waals surface area contributed by atoms with Crippen LogP contribution in [0.3, 0.4) is 0 Å². The van der Waals surface area contributed by atoms with Crippen LogP contribution in [-0.4, -0.2) is 37.6 Å². The SMILES string of the molecule is NC(C(=O)NCC(=O)Nc1ccc(Br)cc1)C1CCOCC1. The molecule has 0 aliphatic carbocycles. The fourth-order valence-corrected chi connectivity index (χ4v) is 2.58. The highest BCUT2D eigenvalue weighted by molar-refractivity contribution is 9.10. The Morgan fingerprint density at radius 2 is 1.91 bits per heavy atom. The molecule has 7 heteroatoms. The zero-order chi connectivity index (χ0) is 15.9. The summed E-state index contributed by atoms with van der Waals surface area (Å²) in [5, 5.41) is 5.29. The Hall–Kier alpha value is -1.44. The van der Waals surface area contributed by atoms with Crippen LogP contribution in [0.4, 0.5) is 5.69 Å². The van der Waals surface area contributed by atoms with E-state index in [1.54, 1.807) is 12.1 Å². The molecule has 1 aliphatic heterocycles. The summed E-state index contributed by atoms with van der Waals surface area (Å²) in [6, 6.07) is 6.61. The molecule has 22 heavy (non-hydrogen) atoms. The molecule has 1 atom stereocenters. The van der Waals surface area contributed by atoms with Crippen molar-refractivity contribution in [1.82, 2.24) is 5.32 Å². The van der Waals surface area contributed by atoms with Crippen molar-refractivity contribution in [3.8, 4) is 0 Å². The maximum absolute atomic E-state index is 12.0. The van der Waals surface area contributed by atoms with Gasteiger partial charge >= 0.3 is 0 Å². The zero-order valence-corrected chi connectivity index (χ0v) is 13.8. The van der Waals surface area contributed by atoms with Crippen LogP contribution in [0.1, 0.15) is 12.8 Å². The van der Waals surface area contributed by atoms with Crippen molar-refractivity contribution in [3.63, 3.8) is 0 Å². The minimum absolute atomic E-state index is 0.0915. The van der Waals surface area contributed by atoms with Gasteiger partial charge in [0.15, 0.2) is 0 Å². The number of rotatable bonds is 5. The van der Waals surface area contributed by atoms with E-state index in [0.29, 0.717) is 18.9 Å². The lowest BCUT2D eigenvalue weighted by atomic mass is 9.92. The van der Waals surface area contributed by atoms with Crippen LogP contribution in [0.15, 0.2) is 28.7 Å². The van der Waals surface area contributed by atoms with Crippen molar-refractivity contribution in [3.05, 3.63) is 28.7 Å². The molecule has 1 fully saturated rings. The van der Waals surface area contributed by atoms with Gasteiger partial charge in [-0.3, -0.25) is 9.59 Å². The molecule has 2 amide bonds. The third-order valence-corrected chi connectivity index (χ3v) is 4.16. The largest absolute Gasteiger partial charge is 0.381 e. The first-order chi connectivity index (χ1) is 10.6. The first kappa shape index (κ1) is 16.9. The molecular weight excluding hydrogens is 350 g/mol. The van der Waals surface area contributed by atoms with E-state index in [1.807, 2.05) is 12.1 Å². The number of ether oxygens (including phenoxy) is 1. The van der Waals surface area contributed by atoms with Gasteiger partial charge in [0, 0.05) is 23.4 Å². The van der Waals surface area contributed by atoms with E-state index >= 15 is 0 Å². The number of carbonyl (C=O) groups excluding carboxylic acids is 2. The summed E-state index contributed by atoms with van der Waals surface area (Å²) >= 11 is 3.32. The Morgan fingerprint density at radius 3 is 2.55 bits per heavy atom. The van der Waals surface area contributed by atoms with E-state index in [0.717, 1.165) is 17.3 Å². The van der Waals surface area contributed by atoms with Crippen molar-refractivity contribution in [1.29, 1.82) is 0 Å². The molecule has 6 nitrogen and oxygen atoms in total. The van der Waals surface area contributed by atoms with E-state index in [-0.39, 0.29) is 24.3 Å². The summed E-state index contributed by atoms with van der Waals surface area (Å²) in [6.45, 7) is 1.18. The van der Waals surface area contributed by atoms with Crippen molar-refractivity contribution in [2.75, 3.05) is 25.1 Å². The van der Waals surface area contributed by atoms with E-state index in [9.17, 15) is 9.59 Å². The second kappa shape index (κ2) is 8.26. The molecule has 1 saturated heterocycles. The molecule has 0 aromatic heterocycles. The highest BCUT2D eigenvalue weighted by atomic mass is 79.9. The molecular formula is C15H20BrN3O3. The van der Waals surface area contributed by atoms with E-state index in [1.165, 1.54) is 0 Å². The monoisotopic (exact) mass is 369 g/mol. The lowest BCUT2D eigenvalue weighted by Gasteiger charge is -2.26. The molecule has 1 aromatic carbocycles. The van der Waals surface area contributed by atoms with Gasteiger partial charge in [0.1, 0.15) is 0 Å². The molecule has 4 N–H and O–H groups in total. The summed E-state index contributed by atoms with van der Waals surface area (Å²) < 4.78 is 6.18. The smallest absolute Gasteiger partial charge is 0.243 e. The third kappa shape index (κ3) is 5.08. The maximum Gasteiger partial charge on any atom is 0.243 e. The fourth-order valence-electron chi connectivity index (χ4n) is 2.31. The highest BCUT2D eigenvalue weighted by Gasteiger charge is 2.26. The maximum atomic E-state index is 12.0. The summed E-state index contributed by atoms with van der Waals surface area (Å²) in [7, 11) is 0. The zero-order valence-electron chi connectivity index (χ0n) is 12.2. The van der Waals surface area contributed by atoms with Crippen LogP contribution in [0.5, 0.6) is 0 Å². The molecule has 1 aliphatic rings. The fraction of sp³-hybridized carbons (Fsp3) is 0.467. The average molecular weight is 370 g/mol. The molecule has 0 saturated carbocycles. The number of hydrogen-bond acceptors (Lipinski definition) is 4. The van der Waals surface area contributed by atoms with Crippen molar-refractivity contribution in [2.45, 2.75) is 18.9 Å².